The Bertz CT molecular complexity index is 992. The highest BCUT2D eigenvalue weighted by Gasteiger charge is 2.38. The number of carbonyl (C=O) groups excluding carboxylic acids is 3. The lowest BCUT2D eigenvalue weighted by molar-refractivity contribution is -0.144. The highest BCUT2D eigenvalue weighted by Crippen LogP contribution is 2.26. The number of rotatable bonds is 7. The van der Waals surface area contributed by atoms with Crippen LogP contribution < -0.4 is 0 Å². The Labute approximate surface area is 203 Å². The van der Waals surface area contributed by atoms with E-state index >= 15 is 0 Å². The lowest BCUT2D eigenvalue weighted by Gasteiger charge is -2.35. The van der Waals surface area contributed by atoms with E-state index in [2.05, 4.69) is 26.0 Å². The third-order valence-electron chi connectivity index (χ3n) is 7.12. The summed E-state index contributed by atoms with van der Waals surface area (Å²) in [6.45, 7) is 6.19. The summed E-state index contributed by atoms with van der Waals surface area (Å²) in [5.74, 6) is 0.798. The second-order valence-electron chi connectivity index (χ2n) is 10.2. The zero-order valence-corrected chi connectivity index (χ0v) is 20.4. The average molecular weight is 461 g/mol. The highest BCUT2D eigenvalue weighted by molar-refractivity contribution is 5.98. The van der Waals surface area contributed by atoms with Gasteiger partial charge in [0.1, 0.15) is 6.04 Å². The fourth-order valence-electron chi connectivity index (χ4n) is 5.28. The second-order valence-corrected chi connectivity index (χ2v) is 10.2. The van der Waals surface area contributed by atoms with E-state index in [9.17, 15) is 14.4 Å². The highest BCUT2D eigenvalue weighted by atomic mass is 16.2. The van der Waals surface area contributed by atoms with Crippen LogP contribution >= 0.6 is 0 Å². The predicted octanol–water partition coefficient (Wildman–Crippen LogP) is 4.54. The Balaban J connectivity index is 1.31. The minimum Gasteiger partial charge on any atom is -0.341 e. The number of piperidine rings is 1. The molecule has 0 bridgehead atoms. The van der Waals surface area contributed by atoms with Crippen LogP contribution in [-0.4, -0.2) is 53.1 Å². The summed E-state index contributed by atoms with van der Waals surface area (Å²) in [7, 11) is 0. The molecule has 5 heteroatoms. The third-order valence-corrected chi connectivity index (χ3v) is 7.12. The molecule has 2 aliphatic rings. The summed E-state index contributed by atoms with van der Waals surface area (Å²) in [6, 6.07) is 17.4. The van der Waals surface area contributed by atoms with Crippen LogP contribution in [0.5, 0.6) is 0 Å². The van der Waals surface area contributed by atoms with Crippen LogP contribution in [0.3, 0.4) is 0 Å². The first-order valence-electron chi connectivity index (χ1n) is 12.7. The molecular weight excluding hydrogens is 424 g/mol. The van der Waals surface area contributed by atoms with Crippen LogP contribution in [-0.2, 0) is 22.4 Å². The first kappa shape index (κ1) is 24.2. The molecule has 2 saturated heterocycles. The zero-order chi connectivity index (χ0) is 24.1. The van der Waals surface area contributed by atoms with E-state index in [1.807, 2.05) is 47.4 Å². The normalized spacial score (nSPS) is 19.0. The summed E-state index contributed by atoms with van der Waals surface area (Å²) in [4.78, 5) is 42.9. The van der Waals surface area contributed by atoms with Crippen LogP contribution in [0.25, 0.3) is 0 Å². The van der Waals surface area contributed by atoms with Crippen molar-refractivity contribution in [1.82, 2.24) is 9.80 Å². The molecule has 0 spiro atoms. The van der Waals surface area contributed by atoms with E-state index in [-0.39, 0.29) is 29.6 Å². The van der Waals surface area contributed by atoms with Crippen LogP contribution in [0.4, 0.5) is 0 Å². The largest absolute Gasteiger partial charge is 0.341 e. The first-order chi connectivity index (χ1) is 16.4. The molecule has 0 radical (unpaired) electrons. The summed E-state index contributed by atoms with van der Waals surface area (Å²) >= 11 is 0. The van der Waals surface area contributed by atoms with Crippen LogP contribution in [0.15, 0.2) is 54.6 Å². The fraction of sp³-hybridized carbons (Fsp3) is 0.483. The molecule has 1 atom stereocenters. The number of amides is 2. The van der Waals surface area contributed by atoms with Gasteiger partial charge in [0.05, 0.1) is 6.42 Å². The summed E-state index contributed by atoms with van der Waals surface area (Å²) < 4.78 is 0. The molecule has 0 N–H and O–H groups in total. The van der Waals surface area contributed by atoms with E-state index in [1.165, 1.54) is 5.56 Å². The maximum Gasteiger partial charge on any atom is 0.245 e. The Morgan fingerprint density at radius 3 is 2.18 bits per heavy atom. The number of ketones is 1. The van der Waals surface area contributed by atoms with E-state index in [0.717, 1.165) is 30.4 Å². The van der Waals surface area contributed by atoms with Crippen molar-refractivity contribution in [2.75, 3.05) is 19.6 Å². The van der Waals surface area contributed by atoms with Gasteiger partial charge in [-0.3, -0.25) is 14.4 Å². The van der Waals surface area contributed by atoms with E-state index < -0.39 is 0 Å². The molecule has 2 heterocycles. The molecule has 2 fully saturated rings. The number of benzene rings is 2. The van der Waals surface area contributed by atoms with Crippen LogP contribution in [0.2, 0.25) is 0 Å². The van der Waals surface area contributed by atoms with Gasteiger partial charge in [-0.15, -0.1) is 0 Å². The summed E-state index contributed by atoms with van der Waals surface area (Å²) in [5.41, 5.74) is 3.00. The van der Waals surface area contributed by atoms with Crippen LogP contribution in [0.1, 0.15) is 61.0 Å². The molecular formula is C29H36N2O3. The molecule has 2 aromatic carbocycles. The van der Waals surface area contributed by atoms with E-state index in [4.69, 9.17) is 0 Å². The van der Waals surface area contributed by atoms with Gasteiger partial charge in [-0.1, -0.05) is 68.4 Å². The van der Waals surface area contributed by atoms with Gasteiger partial charge in [0.15, 0.2) is 5.78 Å². The monoisotopic (exact) mass is 460 g/mol. The number of carbonyl (C=O) groups is 3. The lowest BCUT2D eigenvalue weighted by Crippen LogP contribution is -2.50. The predicted molar refractivity (Wildman–Crippen MR) is 133 cm³/mol. The number of nitrogens with zero attached hydrogens (tertiary/aromatic N) is 2. The van der Waals surface area contributed by atoms with Gasteiger partial charge >= 0.3 is 0 Å². The maximum absolute atomic E-state index is 13.3. The Morgan fingerprint density at radius 2 is 1.53 bits per heavy atom. The van der Waals surface area contributed by atoms with Crippen molar-refractivity contribution in [3.8, 4) is 0 Å². The van der Waals surface area contributed by atoms with Gasteiger partial charge in [-0.25, -0.2) is 0 Å². The van der Waals surface area contributed by atoms with Crippen molar-refractivity contribution in [3.05, 3.63) is 71.3 Å². The molecule has 34 heavy (non-hydrogen) atoms. The fourth-order valence-corrected chi connectivity index (χ4v) is 5.28. The van der Waals surface area contributed by atoms with Crippen molar-refractivity contribution >= 4 is 17.6 Å². The molecule has 5 nitrogen and oxygen atoms in total. The zero-order valence-electron chi connectivity index (χ0n) is 20.4. The number of Topliss-reactive ketones (excluding diaryl/α,β-unsaturated/α-hetero) is 1. The van der Waals surface area contributed by atoms with Crippen molar-refractivity contribution in [3.63, 3.8) is 0 Å². The van der Waals surface area contributed by atoms with Crippen molar-refractivity contribution in [2.24, 2.45) is 11.8 Å². The molecule has 1 unspecified atom stereocenters. The molecule has 0 saturated carbocycles. The van der Waals surface area contributed by atoms with E-state index in [0.29, 0.717) is 44.8 Å². The van der Waals surface area contributed by atoms with Crippen LogP contribution in [0, 0.1) is 11.8 Å². The number of hydrogen-bond donors (Lipinski definition) is 0. The lowest BCUT2D eigenvalue weighted by atomic mass is 9.88. The standard InChI is InChI=1S/C29H36N2O3/c1-21(2)19-23-10-12-24(13-11-23)28(33)25-14-17-30(18-15-25)29(34)26-9-6-16-31(26)27(32)20-22-7-4-3-5-8-22/h3-5,7-8,10-13,21,25-26H,6,9,14-20H2,1-2H3. The minimum atomic E-state index is -0.364. The number of hydrogen-bond acceptors (Lipinski definition) is 3. The summed E-state index contributed by atoms with van der Waals surface area (Å²) in [5, 5.41) is 0. The SMILES string of the molecule is CC(C)Cc1ccc(C(=O)C2CCN(C(=O)C3CCCN3C(=O)Cc3ccccc3)CC2)cc1. The maximum atomic E-state index is 13.3. The Kier molecular flexibility index (Phi) is 7.81. The second kappa shape index (κ2) is 11.0. The van der Waals surface area contributed by atoms with Gasteiger partial charge in [0.2, 0.25) is 11.8 Å². The molecule has 2 aliphatic heterocycles. The topological polar surface area (TPSA) is 57.7 Å². The van der Waals surface area contributed by atoms with Gasteiger partial charge in [-0.05, 0) is 49.1 Å². The quantitative estimate of drug-likeness (QED) is 0.570. The minimum absolute atomic E-state index is 0.0213. The van der Waals surface area contributed by atoms with Gasteiger partial charge in [-0.2, -0.15) is 0 Å². The Hall–Kier alpha value is -2.95. The van der Waals surface area contributed by atoms with Crippen molar-refractivity contribution < 1.29 is 14.4 Å². The molecule has 4 rings (SSSR count). The Morgan fingerprint density at radius 1 is 0.853 bits per heavy atom. The summed E-state index contributed by atoms with van der Waals surface area (Å²) in [6.07, 6.45) is 4.30. The molecule has 2 amide bonds. The molecule has 0 aromatic heterocycles. The van der Waals surface area contributed by atoms with Gasteiger partial charge in [0, 0.05) is 31.1 Å². The first-order valence-corrected chi connectivity index (χ1v) is 12.7. The van der Waals surface area contributed by atoms with Gasteiger partial charge in [0.25, 0.3) is 0 Å². The van der Waals surface area contributed by atoms with Gasteiger partial charge < -0.3 is 9.80 Å². The molecule has 0 aliphatic carbocycles. The average Bonchev–Trinajstić information content (AvgIpc) is 3.34. The van der Waals surface area contributed by atoms with E-state index in [1.54, 1.807) is 4.90 Å². The number of likely N-dealkylation sites (tertiary alicyclic amines) is 2. The smallest absolute Gasteiger partial charge is 0.245 e. The molecule has 180 valence electrons. The van der Waals surface area contributed by atoms with Crippen molar-refractivity contribution in [2.45, 2.75) is 58.4 Å². The molecule has 2 aromatic rings. The van der Waals surface area contributed by atoms with Crippen molar-refractivity contribution in [1.29, 1.82) is 0 Å². The third kappa shape index (κ3) is 5.75.